The minimum atomic E-state index is -0.438. The first-order valence-electron chi connectivity index (χ1n) is 10.4. The fraction of sp³-hybridized carbons (Fsp3) is 0.120. The smallest absolute Gasteiger partial charge is 0.271 e. The van der Waals surface area contributed by atoms with Crippen molar-refractivity contribution >= 4 is 51.0 Å². The predicted molar refractivity (Wildman–Crippen MR) is 135 cm³/mol. The molecular weight excluding hydrogens is 470 g/mol. The number of nitro benzene ring substituents is 1. The number of nitrogens with zero attached hydrogens (tertiary/aromatic N) is 2. The van der Waals surface area contributed by atoms with E-state index < -0.39 is 4.92 Å². The van der Waals surface area contributed by atoms with Crippen molar-refractivity contribution in [2.45, 2.75) is 0 Å². The highest BCUT2D eigenvalue weighted by atomic mass is 32.1. The van der Waals surface area contributed by atoms with Crippen LogP contribution >= 0.6 is 11.3 Å². The van der Waals surface area contributed by atoms with Gasteiger partial charge >= 0.3 is 0 Å². The maximum absolute atomic E-state index is 12.2. The third-order valence-corrected chi connectivity index (χ3v) is 5.94. The fourth-order valence-corrected chi connectivity index (χ4v) is 4.06. The summed E-state index contributed by atoms with van der Waals surface area (Å²) in [5.74, 6) is 1.30. The molecule has 4 rings (SSSR count). The molecule has 0 unspecified atom stereocenters. The van der Waals surface area contributed by atoms with Crippen molar-refractivity contribution in [3.63, 3.8) is 0 Å². The Kier molecular flexibility index (Phi) is 7.22. The molecule has 35 heavy (non-hydrogen) atoms. The standard InChI is InChI=1S/C25H21N3O6S/c1-32-19-8-5-17(6-9-19)26-24(29)15-34-21-10-3-16(13-22(21)33-2)4-12-25-27-20-14-18(28(30)31)7-11-23(20)35-25/h3-14H,15H2,1-2H3,(H,26,29). The molecule has 0 fully saturated rings. The number of aromatic nitrogens is 1. The molecule has 0 aliphatic rings. The summed E-state index contributed by atoms with van der Waals surface area (Å²) < 4.78 is 17.0. The van der Waals surface area contributed by atoms with E-state index in [4.69, 9.17) is 14.2 Å². The monoisotopic (exact) mass is 491 g/mol. The molecule has 0 aliphatic heterocycles. The molecule has 178 valence electrons. The van der Waals surface area contributed by atoms with Gasteiger partial charge < -0.3 is 19.5 Å². The highest BCUT2D eigenvalue weighted by Gasteiger charge is 2.11. The Bertz CT molecular complexity index is 1400. The predicted octanol–water partition coefficient (Wildman–Crippen LogP) is 5.41. The minimum absolute atomic E-state index is 0.0105. The van der Waals surface area contributed by atoms with Crippen molar-refractivity contribution in [3.05, 3.63) is 81.3 Å². The van der Waals surface area contributed by atoms with Crippen LogP contribution in [0, 0.1) is 10.1 Å². The third kappa shape index (κ3) is 5.92. The SMILES string of the molecule is COc1ccc(NC(=O)COc2ccc(C=Cc3nc4cc([N+](=O)[O-])ccc4s3)cc2OC)cc1. The van der Waals surface area contributed by atoms with E-state index >= 15 is 0 Å². The molecule has 0 saturated heterocycles. The summed E-state index contributed by atoms with van der Waals surface area (Å²) in [7, 11) is 3.10. The van der Waals surface area contributed by atoms with E-state index in [1.54, 1.807) is 49.6 Å². The molecule has 3 aromatic carbocycles. The lowest BCUT2D eigenvalue weighted by molar-refractivity contribution is -0.384. The quantitative estimate of drug-likeness (QED) is 0.246. The maximum Gasteiger partial charge on any atom is 0.271 e. The number of non-ortho nitro benzene ring substituents is 1. The summed E-state index contributed by atoms with van der Waals surface area (Å²) in [6.45, 7) is -0.185. The molecule has 0 radical (unpaired) electrons. The molecular formula is C25H21N3O6S. The van der Waals surface area contributed by atoms with Gasteiger partial charge in [-0.1, -0.05) is 12.1 Å². The van der Waals surface area contributed by atoms with Gasteiger partial charge in [-0.2, -0.15) is 0 Å². The van der Waals surface area contributed by atoms with Gasteiger partial charge in [-0.3, -0.25) is 14.9 Å². The number of methoxy groups -OCH3 is 2. The first-order chi connectivity index (χ1) is 16.9. The van der Waals surface area contributed by atoms with E-state index in [2.05, 4.69) is 10.3 Å². The van der Waals surface area contributed by atoms with E-state index in [-0.39, 0.29) is 18.2 Å². The molecule has 1 heterocycles. The lowest BCUT2D eigenvalue weighted by Crippen LogP contribution is -2.20. The zero-order chi connectivity index (χ0) is 24.8. The summed E-state index contributed by atoms with van der Waals surface area (Å²) in [6, 6.07) is 16.9. The minimum Gasteiger partial charge on any atom is -0.497 e. The molecule has 10 heteroatoms. The average molecular weight is 492 g/mol. The van der Waals surface area contributed by atoms with Crippen molar-refractivity contribution in [3.8, 4) is 17.2 Å². The molecule has 9 nitrogen and oxygen atoms in total. The van der Waals surface area contributed by atoms with E-state index in [9.17, 15) is 14.9 Å². The molecule has 1 aromatic heterocycles. The van der Waals surface area contributed by atoms with Gasteiger partial charge in [0.05, 0.1) is 29.4 Å². The second-order valence-corrected chi connectivity index (χ2v) is 8.33. The molecule has 0 saturated carbocycles. The van der Waals surface area contributed by atoms with Crippen molar-refractivity contribution < 1.29 is 23.9 Å². The fourth-order valence-electron chi connectivity index (χ4n) is 3.21. The Morgan fingerprint density at radius 1 is 1.03 bits per heavy atom. The molecule has 0 atom stereocenters. The van der Waals surface area contributed by atoms with Gasteiger partial charge in [-0.05, 0) is 54.1 Å². The Morgan fingerprint density at radius 2 is 1.83 bits per heavy atom. The molecule has 0 spiro atoms. The number of anilines is 1. The Hall–Kier alpha value is -4.44. The van der Waals surface area contributed by atoms with Crippen molar-refractivity contribution in [2.24, 2.45) is 0 Å². The number of fused-ring (bicyclic) bond motifs is 1. The average Bonchev–Trinajstić information content (AvgIpc) is 3.29. The number of ether oxygens (including phenoxy) is 3. The van der Waals surface area contributed by atoms with E-state index in [0.717, 1.165) is 15.3 Å². The number of rotatable bonds is 9. The highest BCUT2D eigenvalue weighted by molar-refractivity contribution is 7.19. The first kappa shape index (κ1) is 23.7. The van der Waals surface area contributed by atoms with Gasteiger partial charge in [0.1, 0.15) is 10.8 Å². The number of benzene rings is 3. The lowest BCUT2D eigenvalue weighted by Gasteiger charge is -2.11. The topological polar surface area (TPSA) is 113 Å². The highest BCUT2D eigenvalue weighted by Crippen LogP contribution is 2.30. The molecule has 0 aliphatic carbocycles. The second-order valence-electron chi connectivity index (χ2n) is 7.27. The number of hydrogen-bond donors (Lipinski definition) is 1. The Morgan fingerprint density at radius 3 is 2.54 bits per heavy atom. The number of thiazole rings is 1. The van der Waals surface area contributed by atoms with Crippen molar-refractivity contribution in [2.75, 3.05) is 26.1 Å². The largest absolute Gasteiger partial charge is 0.497 e. The number of hydrogen-bond acceptors (Lipinski definition) is 8. The van der Waals surface area contributed by atoms with Crippen LogP contribution in [0.1, 0.15) is 10.6 Å². The first-order valence-corrected chi connectivity index (χ1v) is 11.2. The Labute approximate surface area is 204 Å². The number of carbonyl (C=O) groups excluding carboxylic acids is 1. The summed E-state index contributed by atoms with van der Waals surface area (Å²) >= 11 is 1.44. The van der Waals surface area contributed by atoms with Gasteiger partial charge in [-0.25, -0.2) is 4.98 Å². The van der Waals surface area contributed by atoms with Crippen LogP contribution in [-0.4, -0.2) is 36.6 Å². The van der Waals surface area contributed by atoms with Gasteiger partial charge in [0.25, 0.3) is 11.6 Å². The lowest BCUT2D eigenvalue weighted by atomic mass is 10.2. The van der Waals surface area contributed by atoms with Gasteiger partial charge in [0.2, 0.25) is 0 Å². The second kappa shape index (κ2) is 10.7. The molecule has 4 aromatic rings. The van der Waals surface area contributed by atoms with Crippen LogP contribution in [-0.2, 0) is 4.79 Å². The van der Waals surface area contributed by atoms with Crippen molar-refractivity contribution in [1.82, 2.24) is 4.98 Å². The Balaban J connectivity index is 1.40. The van der Waals surface area contributed by atoms with E-state index in [1.165, 1.54) is 30.6 Å². The molecule has 1 amide bonds. The summed E-state index contributed by atoms with van der Waals surface area (Å²) in [5, 5.41) is 14.4. The number of nitrogens with one attached hydrogen (secondary N) is 1. The number of carbonyl (C=O) groups is 1. The van der Waals surface area contributed by atoms with Crippen LogP contribution in [0.15, 0.2) is 60.7 Å². The van der Waals surface area contributed by atoms with Crippen LogP contribution < -0.4 is 19.5 Å². The maximum atomic E-state index is 12.2. The summed E-state index contributed by atoms with van der Waals surface area (Å²) in [4.78, 5) is 27.2. The third-order valence-electron chi connectivity index (χ3n) is 4.94. The zero-order valence-corrected chi connectivity index (χ0v) is 19.7. The van der Waals surface area contributed by atoms with Gasteiger partial charge in [0, 0.05) is 17.8 Å². The normalized spacial score (nSPS) is 10.9. The molecule has 0 bridgehead atoms. The summed E-state index contributed by atoms with van der Waals surface area (Å²) in [6.07, 6.45) is 3.68. The van der Waals surface area contributed by atoms with Crippen molar-refractivity contribution in [1.29, 1.82) is 0 Å². The van der Waals surface area contributed by atoms with E-state index in [0.29, 0.717) is 28.5 Å². The van der Waals surface area contributed by atoms with Crippen LogP contribution in [0.2, 0.25) is 0 Å². The van der Waals surface area contributed by atoms with Crippen LogP contribution in [0.25, 0.3) is 22.4 Å². The summed E-state index contributed by atoms with van der Waals surface area (Å²) in [5.41, 5.74) is 2.06. The van der Waals surface area contributed by atoms with Crippen LogP contribution in [0.3, 0.4) is 0 Å². The number of nitro groups is 1. The zero-order valence-electron chi connectivity index (χ0n) is 18.9. The molecule has 1 N–H and O–H groups in total. The number of amides is 1. The van der Waals surface area contributed by atoms with Crippen LogP contribution in [0.5, 0.6) is 17.2 Å². The van der Waals surface area contributed by atoms with Crippen LogP contribution in [0.4, 0.5) is 11.4 Å². The van der Waals surface area contributed by atoms with Gasteiger partial charge in [-0.15, -0.1) is 11.3 Å². The van der Waals surface area contributed by atoms with E-state index in [1.807, 2.05) is 18.2 Å². The van der Waals surface area contributed by atoms with Gasteiger partial charge in [0.15, 0.2) is 18.1 Å².